The van der Waals surface area contributed by atoms with Crippen molar-refractivity contribution < 1.29 is 9.59 Å². The number of H-pyrrole nitrogens is 1. The maximum Gasteiger partial charge on any atom is 0.251 e. The first-order valence-electron chi connectivity index (χ1n) is 11.0. The van der Waals surface area contributed by atoms with Crippen LogP contribution < -0.4 is 4.90 Å². The zero-order valence-electron chi connectivity index (χ0n) is 17.6. The van der Waals surface area contributed by atoms with E-state index >= 15 is 0 Å². The highest BCUT2D eigenvalue weighted by Crippen LogP contribution is 2.41. The Bertz CT molecular complexity index is 1310. The molecule has 4 aromatic rings. The fourth-order valence-electron chi connectivity index (χ4n) is 5.31. The Morgan fingerprint density at radius 3 is 2.28 bits per heavy atom. The molecule has 0 bridgehead atoms. The van der Waals surface area contributed by atoms with Crippen LogP contribution >= 0.6 is 0 Å². The summed E-state index contributed by atoms with van der Waals surface area (Å²) in [5.74, 6) is -0.276. The topological polar surface area (TPSA) is 56.4 Å². The summed E-state index contributed by atoms with van der Waals surface area (Å²) in [4.78, 5) is 33.7. The molecule has 5 nitrogen and oxygen atoms in total. The van der Waals surface area contributed by atoms with Gasteiger partial charge in [0.2, 0.25) is 5.91 Å². The van der Waals surface area contributed by atoms with Crippen molar-refractivity contribution >= 4 is 28.4 Å². The third-order valence-electron chi connectivity index (χ3n) is 6.72. The Labute approximate surface area is 186 Å². The first-order valence-corrected chi connectivity index (χ1v) is 11.0. The third-order valence-corrected chi connectivity index (χ3v) is 6.72. The van der Waals surface area contributed by atoms with Gasteiger partial charge in [0.05, 0.1) is 24.2 Å². The van der Waals surface area contributed by atoms with Gasteiger partial charge >= 0.3 is 0 Å². The number of rotatable bonds is 3. The molecule has 2 atom stereocenters. The van der Waals surface area contributed by atoms with Crippen LogP contribution in [-0.4, -0.2) is 34.3 Å². The summed E-state index contributed by atoms with van der Waals surface area (Å²) in [6.45, 7) is 0.723. The van der Waals surface area contributed by atoms with Gasteiger partial charge < -0.3 is 4.98 Å². The van der Waals surface area contributed by atoms with Gasteiger partial charge in [0.25, 0.3) is 5.91 Å². The van der Waals surface area contributed by atoms with Crippen LogP contribution in [0.25, 0.3) is 10.9 Å². The summed E-state index contributed by atoms with van der Waals surface area (Å²) >= 11 is 0. The quantitative estimate of drug-likeness (QED) is 0.498. The second-order valence-electron chi connectivity index (χ2n) is 8.49. The van der Waals surface area contributed by atoms with E-state index in [-0.39, 0.29) is 24.3 Å². The number of aromatic nitrogens is 1. The van der Waals surface area contributed by atoms with Gasteiger partial charge in [-0.25, -0.2) is 4.90 Å². The molecule has 1 fully saturated rings. The summed E-state index contributed by atoms with van der Waals surface area (Å²) in [7, 11) is 0. The van der Waals surface area contributed by atoms with E-state index in [1.54, 1.807) is 0 Å². The Balaban J connectivity index is 1.45. The highest BCUT2D eigenvalue weighted by Gasteiger charge is 2.46. The van der Waals surface area contributed by atoms with Gasteiger partial charge in [0.15, 0.2) is 0 Å². The van der Waals surface area contributed by atoms with Crippen LogP contribution in [0.5, 0.6) is 0 Å². The minimum atomic E-state index is -0.479. The number of fused-ring (bicyclic) bond motifs is 3. The normalized spacial score (nSPS) is 21.3. The highest BCUT2D eigenvalue weighted by atomic mass is 16.2. The minimum Gasteiger partial charge on any atom is -0.357 e. The maximum absolute atomic E-state index is 13.5. The number of amides is 2. The van der Waals surface area contributed by atoms with E-state index < -0.39 is 6.04 Å². The lowest BCUT2D eigenvalue weighted by atomic mass is 9.90. The van der Waals surface area contributed by atoms with Gasteiger partial charge in [0.1, 0.15) is 0 Å². The number of aromatic amines is 1. The molecule has 1 aromatic heterocycles. The average Bonchev–Trinajstić information content (AvgIpc) is 3.36. The van der Waals surface area contributed by atoms with Crippen LogP contribution in [0.4, 0.5) is 5.69 Å². The van der Waals surface area contributed by atoms with Gasteiger partial charge in [-0.1, -0.05) is 66.7 Å². The summed E-state index contributed by atoms with van der Waals surface area (Å²) in [5, 5.41) is 1.24. The molecule has 3 aromatic carbocycles. The zero-order valence-corrected chi connectivity index (χ0v) is 17.6. The van der Waals surface area contributed by atoms with Crippen molar-refractivity contribution in [2.24, 2.45) is 0 Å². The molecule has 5 heteroatoms. The van der Waals surface area contributed by atoms with Crippen LogP contribution in [0.3, 0.4) is 0 Å². The summed E-state index contributed by atoms with van der Waals surface area (Å²) in [6, 6.07) is 27.3. The summed E-state index contributed by atoms with van der Waals surface area (Å²) < 4.78 is 0. The first-order chi connectivity index (χ1) is 15.7. The smallest absolute Gasteiger partial charge is 0.251 e. The molecule has 6 rings (SSSR count). The SMILES string of the molecule is O=C1C[C@@H](N2CCc3c([nH]c4ccccc34)[C@@H]2c2ccccc2)C(=O)N1c1ccccc1. The van der Waals surface area contributed by atoms with Crippen LogP contribution in [0.2, 0.25) is 0 Å². The molecular formula is C27H23N3O2. The molecule has 3 heterocycles. The number of anilines is 1. The Morgan fingerprint density at radius 1 is 0.812 bits per heavy atom. The first kappa shape index (κ1) is 19.0. The molecule has 1 N–H and O–H groups in total. The van der Waals surface area contributed by atoms with E-state index in [1.807, 2.05) is 54.6 Å². The minimum absolute atomic E-state index is 0.107. The zero-order chi connectivity index (χ0) is 21.7. The lowest BCUT2D eigenvalue weighted by molar-refractivity contribution is -0.123. The average molecular weight is 422 g/mol. The highest BCUT2D eigenvalue weighted by molar-refractivity contribution is 6.22. The standard InChI is InChI=1S/C27H23N3O2/c31-24-17-23(27(32)30(24)19-11-5-2-6-12-19)29-16-15-21-20-13-7-8-14-22(20)28-25(21)26(29)18-9-3-1-4-10-18/h1-14,23,26,28H,15-17H2/t23-,26+/m1/s1. The fourth-order valence-corrected chi connectivity index (χ4v) is 5.31. The summed E-state index contributed by atoms with van der Waals surface area (Å²) in [6.07, 6.45) is 1.04. The molecule has 2 amide bonds. The molecule has 32 heavy (non-hydrogen) atoms. The number of para-hydroxylation sites is 2. The Hall–Kier alpha value is -3.70. The van der Waals surface area contributed by atoms with Gasteiger partial charge in [0, 0.05) is 23.1 Å². The summed E-state index contributed by atoms with van der Waals surface area (Å²) in [5.41, 5.74) is 5.31. The van der Waals surface area contributed by atoms with Gasteiger partial charge in [-0.2, -0.15) is 0 Å². The molecule has 2 aliphatic rings. The molecular weight excluding hydrogens is 398 g/mol. The monoisotopic (exact) mass is 421 g/mol. The third kappa shape index (κ3) is 2.89. The van der Waals surface area contributed by atoms with Crippen LogP contribution in [-0.2, 0) is 16.0 Å². The van der Waals surface area contributed by atoms with Gasteiger partial charge in [-0.3, -0.25) is 14.5 Å². The molecule has 0 radical (unpaired) electrons. The van der Waals surface area contributed by atoms with E-state index in [4.69, 9.17) is 0 Å². The maximum atomic E-state index is 13.5. The van der Waals surface area contributed by atoms with Gasteiger partial charge in [-0.15, -0.1) is 0 Å². The van der Waals surface area contributed by atoms with Crippen molar-refractivity contribution in [3.63, 3.8) is 0 Å². The molecule has 158 valence electrons. The predicted molar refractivity (Wildman–Crippen MR) is 124 cm³/mol. The van der Waals surface area contributed by atoms with E-state index in [0.717, 1.165) is 29.7 Å². The molecule has 0 spiro atoms. The second-order valence-corrected chi connectivity index (χ2v) is 8.49. The molecule has 2 aliphatic heterocycles. The number of imide groups is 1. The number of carbonyl (C=O) groups is 2. The number of hydrogen-bond donors (Lipinski definition) is 1. The predicted octanol–water partition coefficient (Wildman–Crippen LogP) is 4.45. The Kier molecular flexibility index (Phi) is 4.44. The van der Waals surface area contributed by atoms with Crippen molar-refractivity contribution in [3.8, 4) is 0 Å². The van der Waals surface area contributed by atoms with Crippen LogP contribution in [0.1, 0.15) is 29.3 Å². The lowest BCUT2D eigenvalue weighted by Crippen LogP contribution is -2.47. The van der Waals surface area contributed by atoms with Crippen molar-refractivity contribution in [3.05, 3.63) is 102 Å². The lowest BCUT2D eigenvalue weighted by Gasteiger charge is -2.39. The molecule has 0 aliphatic carbocycles. The van der Waals surface area contributed by atoms with E-state index in [0.29, 0.717) is 5.69 Å². The molecule has 0 saturated carbocycles. The van der Waals surface area contributed by atoms with Crippen molar-refractivity contribution in [1.29, 1.82) is 0 Å². The fraction of sp³-hybridized carbons (Fsp3) is 0.185. The van der Waals surface area contributed by atoms with Crippen LogP contribution in [0, 0.1) is 0 Å². The van der Waals surface area contributed by atoms with Crippen molar-refractivity contribution in [2.45, 2.75) is 24.9 Å². The van der Waals surface area contributed by atoms with Gasteiger partial charge in [-0.05, 0) is 35.7 Å². The van der Waals surface area contributed by atoms with E-state index in [9.17, 15) is 9.59 Å². The second kappa shape index (κ2) is 7.46. The number of hydrogen-bond acceptors (Lipinski definition) is 3. The number of nitrogens with zero attached hydrogens (tertiary/aromatic N) is 2. The van der Waals surface area contributed by atoms with Crippen LogP contribution in [0.15, 0.2) is 84.9 Å². The van der Waals surface area contributed by atoms with E-state index in [2.05, 4.69) is 40.2 Å². The number of benzene rings is 3. The van der Waals surface area contributed by atoms with E-state index in [1.165, 1.54) is 15.8 Å². The number of carbonyl (C=O) groups excluding carboxylic acids is 2. The molecule has 1 saturated heterocycles. The molecule has 0 unspecified atom stereocenters. The largest absolute Gasteiger partial charge is 0.357 e. The van der Waals surface area contributed by atoms with Crippen molar-refractivity contribution in [2.75, 3.05) is 11.4 Å². The Morgan fingerprint density at radius 2 is 1.50 bits per heavy atom. The van der Waals surface area contributed by atoms with Crippen molar-refractivity contribution in [1.82, 2.24) is 9.88 Å². The number of nitrogens with one attached hydrogen (secondary N) is 1.